The number of carboxylic acids is 1. The number of benzene rings is 2. The lowest BCUT2D eigenvalue weighted by Crippen LogP contribution is -2.48. The quantitative estimate of drug-likeness (QED) is 0.534. The van der Waals surface area contributed by atoms with E-state index in [2.05, 4.69) is 0 Å². The first-order chi connectivity index (χ1) is 12.3. The van der Waals surface area contributed by atoms with Crippen molar-refractivity contribution in [3.8, 4) is 0 Å². The second-order valence-corrected chi connectivity index (χ2v) is 9.44. The van der Waals surface area contributed by atoms with Gasteiger partial charge in [0.25, 0.3) is 0 Å². The highest BCUT2D eigenvalue weighted by atomic mass is 32.2. The fourth-order valence-electron chi connectivity index (χ4n) is 3.13. The van der Waals surface area contributed by atoms with Gasteiger partial charge in [-0.25, -0.2) is 4.79 Å². The Kier molecular flexibility index (Phi) is 7.24. The molecule has 2 rings (SSSR count). The Balaban J connectivity index is 2.36. The van der Waals surface area contributed by atoms with E-state index >= 15 is 0 Å². The van der Waals surface area contributed by atoms with Crippen molar-refractivity contribution in [2.24, 2.45) is 5.92 Å². The Hall–Kier alpha value is -1.39. The van der Waals surface area contributed by atoms with Gasteiger partial charge in [0.2, 0.25) is 5.60 Å². The van der Waals surface area contributed by atoms with Crippen molar-refractivity contribution >= 4 is 41.6 Å². The lowest BCUT2D eigenvalue weighted by Gasteiger charge is -2.28. The number of rotatable bonds is 8. The summed E-state index contributed by atoms with van der Waals surface area (Å²) in [6.07, 6.45) is 0. The number of fused-ring (bicyclic) bond motifs is 1. The molecular weight excluding hydrogens is 367 g/mol. The van der Waals surface area contributed by atoms with Gasteiger partial charge in [0.05, 0.1) is 7.77 Å². The van der Waals surface area contributed by atoms with Crippen LogP contribution in [0.2, 0.25) is 0 Å². The minimum absolute atomic E-state index is 0.153. The molecule has 0 bridgehead atoms. The molecule has 1 N–H and O–H groups in total. The van der Waals surface area contributed by atoms with Crippen molar-refractivity contribution in [2.45, 2.75) is 38.2 Å². The third kappa shape index (κ3) is 4.47. The molecule has 2 aromatic rings. The monoisotopic (exact) mass is 392 g/mol. The molecule has 2 unspecified atom stereocenters. The molecule has 0 saturated carbocycles. The van der Waals surface area contributed by atoms with Crippen molar-refractivity contribution in [1.82, 2.24) is 0 Å². The summed E-state index contributed by atoms with van der Waals surface area (Å²) in [5.74, 6) is -1.25. The van der Waals surface area contributed by atoms with E-state index in [1.165, 1.54) is 18.7 Å². The SMILES string of the molecule is CCOC(C)(C(=O)O)C(C(C)C)=[P+]([O-])CSc1cccc2ccccc12. The predicted molar refractivity (Wildman–Crippen MR) is 109 cm³/mol. The summed E-state index contributed by atoms with van der Waals surface area (Å²) >= 11 is 1.50. The molecule has 0 aliphatic heterocycles. The normalized spacial score (nSPS) is 15.0. The van der Waals surface area contributed by atoms with Gasteiger partial charge in [-0.3, -0.25) is 0 Å². The number of carboxylic acid groups (broad SMARTS) is 1. The van der Waals surface area contributed by atoms with Gasteiger partial charge in [0.1, 0.15) is 5.29 Å². The highest BCUT2D eigenvalue weighted by Crippen LogP contribution is 2.37. The van der Waals surface area contributed by atoms with Gasteiger partial charge in [-0.2, -0.15) is 0 Å². The molecule has 0 saturated heterocycles. The first-order valence-electron chi connectivity index (χ1n) is 8.61. The molecule has 0 spiro atoms. The highest BCUT2D eigenvalue weighted by molar-refractivity contribution is 8.04. The van der Waals surface area contributed by atoms with E-state index in [4.69, 9.17) is 4.74 Å². The maximum Gasteiger partial charge on any atom is 0.344 e. The Morgan fingerprint density at radius 2 is 1.92 bits per heavy atom. The smallest absolute Gasteiger partial charge is 0.344 e. The van der Waals surface area contributed by atoms with Crippen molar-refractivity contribution < 1.29 is 19.5 Å². The second kappa shape index (κ2) is 9.01. The molecule has 140 valence electrons. The maximum absolute atomic E-state index is 13.1. The van der Waals surface area contributed by atoms with Gasteiger partial charge < -0.3 is 14.7 Å². The van der Waals surface area contributed by atoms with Crippen LogP contribution in [0.5, 0.6) is 0 Å². The van der Waals surface area contributed by atoms with Crippen LogP contribution in [0.1, 0.15) is 27.7 Å². The molecule has 0 radical (unpaired) electrons. The van der Waals surface area contributed by atoms with Crippen LogP contribution >= 0.6 is 19.5 Å². The van der Waals surface area contributed by atoms with E-state index in [0.717, 1.165) is 15.7 Å². The molecule has 6 heteroatoms. The van der Waals surface area contributed by atoms with Crippen molar-refractivity contribution in [3.05, 3.63) is 42.5 Å². The zero-order valence-corrected chi connectivity index (χ0v) is 17.3. The van der Waals surface area contributed by atoms with Crippen LogP contribution < -0.4 is 4.89 Å². The van der Waals surface area contributed by atoms with Crippen LogP contribution in [0.3, 0.4) is 0 Å². The van der Waals surface area contributed by atoms with Gasteiger partial charge in [0, 0.05) is 17.4 Å². The summed E-state index contributed by atoms with van der Waals surface area (Å²) in [5.41, 5.74) is -1.21. The molecule has 0 amide bonds. The summed E-state index contributed by atoms with van der Waals surface area (Å²) in [7, 11) is -1.87. The average Bonchev–Trinajstić information content (AvgIpc) is 2.59. The van der Waals surface area contributed by atoms with Crippen LogP contribution in [-0.2, 0) is 9.53 Å². The Bertz CT molecular complexity index is 813. The molecule has 0 heterocycles. The van der Waals surface area contributed by atoms with Crippen LogP contribution in [0, 0.1) is 5.92 Å². The largest absolute Gasteiger partial charge is 0.630 e. The van der Waals surface area contributed by atoms with Gasteiger partial charge in [0.15, 0.2) is 5.49 Å². The van der Waals surface area contributed by atoms with Gasteiger partial charge in [-0.15, -0.1) is 0 Å². The maximum atomic E-state index is 13.1. The zero-order valence-electron chi connectivity index (χ0n) is 15.6. The van der Waals surface area contributed by atoms with Gasteiger partial charge in [-0.1, -0.05) is 62.0 Å². The summed E-state index contributed by atoms with van der Waals surface area (Å²) in [4.78, 5) is 25.9. The summed E-state index contributed by atoms with van der Waals surface area (Å²) in [6.45, 7) is 7.23. The fraction of sp³-hybridized carbons (Fsp3) is 0.400. The minimum Gasteiger partial charge on any atom is -0.630 e. The third-order valence-electron chi connectivity index (χ3n) is 4.23. The topological polar surface area (TPSA) is 69.6 Å². The molecule has 0 aliphatic rings. The fourth-order valence-corrected chi connectivity index (χ4v) is 6.44. The molecule has 0 aromatic heterocycles. The first kappa shape index (κ1) is 20.9. The zero-order chi connectivity index (χ0) is 19.3. The van der Waals surface area contributed by atoms with Crippen molar-refractivity contribution in [1.29, 1.82) is 0 Å². The lowest BCUT2D eigenvalue weighted by molar-refractivity contribution is -0.158. The number of ether oxygens (including phenoxy) is 1. The van der Waals surface area contributed by atoms with E-state index in [1.54, 1.807) is 6.92 Å². The average molecular weight is 392 g/mol. The highest BCUT2D eigenvalue weighted by Gasteiger charge is 2.45. The molecule has 2 aromatic carbocycles. The summed E-state index contributed by atoms with van der Waals surface area (Å²) in [5, 5.41) is 12.4. The third-order valence-corrected chi connectivity index (χ3v) is 7.83. The van der Waals surface area contributed by atoms with Crippen molar-refractivity contribution in [2.75, 3.05) is 12.1 Å². The molecule has 4 nitrogen and oxygen atoms in total. The molecule has 26 heavy (non-hydrogen) atoms. The number of thioether (sulfide) groups is 1. The van der Waals surface area contributed by atoms with E-state index in [-0.39, 0.29) is 12.5 Å². The number of carbonyl (C=O) groups is 1. The summed E-state index contributed by atoms with van der Waals surface area (Å²) < 4.78 is 5.53. The molecule has 0 fully saturated rings. The van der Waals surface area contributed by atoms with E-state index in [9.17, 15) is 14.8 Å². The van der Waals surface area contributed by atoms with Crippen LogP contribution in [0.25, 0.3) is 10.8 Å². The standard InChI is InChI=1S/C20H25O4PS/c1-5-24-20(4,19(21)22)18(14(2)3)25(23)13-26-17-12-8-10-15-9-6-7-11-16(15)17/h6-12,14H,5,13H2,1-4H3,(H,21,22). The number of hydrogen-bond acceptors (Lipinski definition) is 4. The number of aliphatic carboxylic acids is 1. The first-order valence-corrected chi connectivity index (χ1v) is 11.0. The molecular formula is C20H25O4PS. The van der Waals surface area contributed by atoms with Gasteiger partial charge >= 0.3 is 5.97 Å². The minimum atomic E-state index is -1.87. The van der Waals surface area contributed by atoms with Gasteiger partial charge in [-0.05, 0) is 30.7 Å². The Morgan fingerprint density at radius 1 is 1.27 bits per heavy atom. The summed E-state index contributed by atoms with van der Waals surface area (Å²) in [6, 6.07) is 14.1. The predicted octanol–water partition coefficient (Wildman–Crippen LogP) is 4.35. The van der Waals surface area contributed by atoms with E-state index < -0.39 is 19.3 Å². The van der Waals surface area contributed by atoms with Crippen LogP contribution in [0.4, 0.5) is 0 Å². The van der Waals surface area contributed by atoms with E-state index in [1.807, 2.05) is 56.3 Å². The Labute approximate surface area is 160 Å². The Morgan fingerprint density at radius 3 is 2.54 bits per heavy atom. The van der Waals surface area contributed by atoms with Crippen LogP contribution in [0.15, 0.2) is 47.4 Å². The van der Waals surface area contributed by atoms with E-state index in [0.29, 0.717) is 10.8 Å². The molecule has 2 atom stereocenters. The second-order valence-electron chi connectivity index (χ2n) is 6.44. The lowest BCUT2D eigenvalue weighted by atomic mass is 9.94. The molecule has 0 aliphatic carbocycles. The van der Waals surface area contributed by atoms with Crippen molar-refractivity contribution in [3.63, 3.8) is 0 Å². The van der Waals surface area contributed by atoms with Crippen LogP contribution in [-0.4, -0.2) is 34.1 Å². The number of hydrogen-bond donors (Lipinski definition) is 1.